The van der Waals surface area contributed by atoms with E-state index >= 15 is 0 Å². The van der Waals surface area contributed by atoms with Crippen LogP contribution in [-0.4, -0.2) is 25.0 Å². The van der Waals surface area contributed by atoms with Crippen LogP contribution in [0.3, 0.4) is 0 Å². The highest BCUT2D eigenvalue weighted by molar-refractivity contribution is 6.62. The van der Waals surface area contributed by atoms with E-state index in [1.165, 1.54) is 0 Å². The van der Waals surface area contributed by atoms with E-state index in [1.54, 1.807) is 6.07 Å². The van der Waals surface area contributed by atoms with Gasteiger partial charge < -0.3 is 19.2 Å². The highest BCUT2D eigenvalue weighted by atomic mass is 16.5. The summed E-state index contributed by atoms with van der Waals surface area (Å²) in [7, 11) is -0.891. The molecule has 0 fully saturated rings. The summed E-state index contributed by atoms with van der Waals surface area (Å²) in [6.45, 7) is 0.893. The molecule has 84 valence electrons. The number of benzene rings is 1. The number of unbranched alkanes of at least 4 members (excludes halogenated alkanes) is 1. The number of carbonyl (C=O) groups excluding carboxylic acids is 1. The van der Waals surface area contributed by atoms with Gasteiger partial charge in [-0.1, -0.05) is 12.1 Å². The van der Waals surface area contributed by atoms with Crippen molar-refractivity contribution < 1.29 is 19.2 Å². The Hall–Kier alpha value is -1.33. The third kappa shape index (κ3) is 2.26. The lowest BCUT2D eigenvalue weighted by Crippen LogP contribution is -2.30. The summed E-state index contributed by atoms with van der Waals surface area (Å²) >= 11 is 0. The lowest BCUT2D eigenvalue weighted by Gasteiger charge is -2.09. The molecule has 0 amide bonds. The van der Waals surface area contributed by atoms with Gasteiger partial charge in [0.15, 0.2) is 0 Å². The Bertz CT molecular complexity index is 380. The van der Waals surface area contributed by atoms with E-state index < -0.39 is 7.12 Å². The lowest BCUT2D eigenvalue weighted by atomic mass is 9.79. The Morgan fingerprint density at radius 2 is 2.44 bits per heavy atom. The zero-order valence-corrected chi connectivity index (χ0v) is 8.89. The molecule has 0 saturated heterocycles. The lowest BCUT2D eigenvalue weighted by molar-refractivity contribution is -0.108. The summed E-state index contributed by atoms with van der Waals surface area (Å²) in [6, 6.07) is 5.58. The predicted octanol–water partition coefficient (Wildman–Crippen LogP) is 0.262. The maximum absolute atomic E-state index is 10.1. The molecule has 16 heavy (non-hydrogen) atoms. The van der Waals surface area contributed by atoms with Gasteiger partial charge in [0.25, 0.3) is 0 Å². The predicted molar refractivity (Wildman–Crippen MR) is 59.6 cm³/mol. The molecule has 4 nitrogen and oxygen atoms in total. The Morgan fingerprint density at radius 3 is 3.25 bits per heavy atom. The number of fused-ring (bicyclic) bond motifs is 1. The minimum atomic E-state index is -0.891. The van der Waals surface area contributed by atoms with Gasteiger partial charge in [0.05, 0.1) is 13.2 Å². The van der Waals surface area contributed by atoms with Gasteiger partial charge in [-0.05, 0) is 18.1 Å². The molecule has 0 spiro atoms. The Labute approximate surface area is 94.3 Å². The van der Waals surface area contributed by atoms with Crippen LogP contribution in [0, 0.1) is 0 Å². The summed E-state index contributed by atoms with van der Waals surface area (Å²) in [5.74, 6) is 0.647. The van der Waals surface area contributed by atoms with Crippen LogP contribution >= 0.6 is 0 Å². The van der Waals surface area contributed by atoms with Crippen LogP contribution in [0.2, 0.25) is 0 Å². The first kappa shape index (κ1) is 11.2. The van der Waals surface area contributed by atoms with Crippen molar-refractivity contribution in [1.82, 2.24) is 0 Å². The number of carbonyl (C=O) groups is 1. The van der Waals surface area contributed by atoms with E-state index in [0.717, 1.165) is 11.8 Å². The number of hydrogen-bond acceptors (Lipinski definition) is 4. The first-order valence-electron chi connectivity index (χ1n) is 5.31. The van der Waals surface area contributed by atoms with Crippen molar-refractivity contribution in [2.75, 3.05) is 6.61 Å². The third-order valence-electron chi connectivity index (χ3n) is 2.52. The van der Waals surface area contributed by atoms with E-state index in [4.69, 9.17) is 9.39 Å². The molecule has 0 atom stereocenters. The van der Waals surface area contributed by atoms with Gasteiger partial charge in [0.2, 0.25) is 0 Å². The second-order valence-corrected chi connectivity index (χ2v) is 3.65. The van der Waals surface area contributed by atoms with Crippen molar-refractivity contribution in [2.24, 2.45) is 0 Å². The number of ether oxygens (including phenoxy) is 1. The van der Waals surface area contributed by atoms with Gasteiger partial charge in [-0.25, -0.2) is 0 Å². The van der Waals surface area contributed by atoms with Crippen LogP contribution in [0.25, 0.3) is 0 Å². The van der Waals surface area contributed by atoms with E-state index in [1.807, 2.05) is 12.1 Å². The molecule has 1 heterocycles. The molecule has 0 unspecified atom stereocenters. The molecular formula is C11H13BO4. The minimum absolute atomic E-state index is 0.419. The van der Waals surface area contributed by atoms with Gasteiger partial charge >= 0.3 is 7.12 Å². The van der Waals surface area contributed by atoms with Crippen molar-refractivity contribution in [3.05, 3.63) is 23.8 Å². The fraction of sp³-hybridized carbons (Fsp3) is 0.364. The first-order chi connectivity index (χ1) is 7.83. The smallest absolute Gasteiger partial charge is 0.494 e. The van der Waals surface area contributed by atoms with E-state index in [0.29, 0.717) is 37.3 Å². The Morgan fingerprint density at radius 1 is 1.56 bits per heavy atom. The summed E-state index contributed by atoms with van der Waals surface area (Å²) < 4.78 is 10.6. The highest BCUT2D eigenvalue weighted by Gasteiger charge is 2.30. The number of aldehydes is 1. The van der Waals surface area contributed by atoms with Crippen molar-refractivity contribution in [1.29, 1.82) is 0 Å². The molecule has 1 aliphatic rings. The van der Waals surface area contributed by atoms with Crippen molar-refractivity contribution >= 4 is 18.9 Å². The second kappa shape index (κ2) is 5.14. The molecule has 1 aliphatic heterocycles. The third-order valence-corrected chi connectivity index (χ3v) is 2.52. The molecule has 5 heteroatoms. The van der Waals surface area contributed by atoms with Gasteiger partial charge in [0, 0.05) is 11.9 Å². The maximum atomic E-state index is 10.1. The van der Waals surface area contributed by atoms with Gasteiger partial charge in [-0.2, -0.15) is 0 Å². The molecule has 0 bridgehead atoms. The van der Waals surface area contributed by atoms with Gasteiger partial charge in [0.1, 0.15) is 12.0 Å². The normalized spacial score (nSPS) is 13.7. The van der Waals surface area contributed by atoms with Gasteiger partial charge in [-0.3, -0.25) is 0 Å². The maximum Gasteiger partial charge on any atom is 0.495 e. The van der Waals surface area contributed by atoms with Crippen LogP contribution in [-0.2, 0) is 16.1 Å². The topological polar surface area (TPSA) is 55.8 Å². The van der Waals surface area contributed by atoms with Crippen LogP contribution in [0.1, 0.15) is 18.4 Å². The monoisotopic (exact) mass is 220 g/mol. The average molecular weight is 220 g/mol. The van der Waals surface area contributed by atoms with Crippen molar-refractivity contribution in [3.63, 3.8) is 0 Å². The molecule has 0 aliphatic carbocycles. The zero-order chi connectivity index (χ0) is 11.4. The second-order valence-electron chi connectivity index (χ2n) is 3.65. The summed E-state index contributed by atoms with van der Waals surface area (Å²) in [5.41, 5.74) is 1.67. The zero-order valence-electron chi connectivity index (χ0n) is 8.89. The average Bonchev–Trinajstić information content (AvgIpc) is 2.68. The molecule has 1 aromatic carbocycles. The first-order valence-corrected chi connectivity index (χ1v) is 5.31. The van der Waals surface area contributed by atoms with Crippen molar-refractivity contribution in [3.8, 4) is 5.75 Å². The fourth-order valence-electron chi connectivity index (χ4n) is 1.72. The van der Waals surface area contributed by atoms with Crippen LogP contribution < -0.4 is 10.2 Å². The van der Waals surface area contributed by atoms with Crippen molar-refractivity contribution in [2.45, 2.75) is 19.4 Å². The standard InChI is InChI=1S/C11H13BO4/c13-6-1-2-7-15-10-5-3-4-9-8-16-12(14)11(9)10/h3-6,14H,1-2,7-8H2. The van der Waals surface area contributed by atoms with Crippen LogP contribution in [0.4, 0.5) is 0 Å². The van der Waals surface area contributed by atoms with Crippen LogP contribution in [0.5, 0.6) is 5.75 Å². The number of hydrogen-bond donors (Lipinski definition) is 1. The van der Waals surface area contributed by atoms with Gasteiger partial charge in [-0.15, -0.1) is 0 Å². The van der Waals surface area contributed by atoms with E-state index in [-0.39, 0.29) is 0 Å². The molecule has 2 rings (SSSR count). The summed E-state index contributed by atoms with van der Waals surface area (Å²) in [5, 5.41) is 9.61. The fourth-order valence-corrected chi connectivity index (χ4v) is 1.72. The molecule has 0 aromatic heterocycles. The number of rotatable bonds is 5. The van der Waals surface area contributed by atoms with E-state index in [2.05, 4.69) is 0 Å². The molecule has 1 aromatic rings. The minimum Gasteiger partial charge on any atom is -0.494 e. The summed E-state index contributed by atoms with van der Waals surface area (Å²) in [4.78, 5) is 10.1. The summed E-state index contributed by atoms with van der Waals surface area (Å²) in [6.07, 6.45) is 2.05. The largest absolute Gasteiger partial charge is 0.495 e. The Balaban J connectivity index is 2.04. The molecule has 0 saturated carbocycles. The van der Waals surface area contributed by atoms with Crippen LogP contribution in [0.15, 0.2) is 18.2 Å². The Kier molecular flexibility index (Phi) is 3.59. The quantitative estimate of drug-likeness (QED) is 0.439. The highest BCUT2D eigenvalue weighted by Crippen LogP contribution is 2.18. The SMILES string of the molecule is O=CCCCOc1cccc2c1B(O)OC2. The molecular weight excluding hydrogens is 207 g/mol. The molecule has 1 N–H and O–H groups in total. The van der Waals surface area contributed by atoms with E-state index in [9.17, 15) is 9.82 Å². The molecule has 0 radical (unpaired) electrons.